The molecule has 0 atom stereocenters. The number of morpholine rings is 1. The van der Waals surface area contributed by atoms with Gasteiger partial charge < -0.3 is 14.4 Å². The Kier molecular flexibility index (Phi) is 6.98. The van der Waals surface area contributed by atoms with Gasteiger partial charge in [0.15, 0.2) is 0 Å². The smallest absolute Gasteiger partial charge is 0.238 e. The average Bonchev–Trinajstić information content (AvgIpc) is 3.27. The summed E-state index contributed by atoms with van der Waals surface area (Å²) in [6.07, 6.45) is 3.34. The molecular weight excluding hydrogens is 522 g/mol. The fourth-order valence-corrected chi connectivity index (χ4v) is 5.81. The van der Waals surface area contributed by atoms with Crippen molar-refractivity contribution in [3.63, 3.8) is 0 Å². The number of fused-ring (bicyclic) bond motifs is 1. The van der Waals surface area contributed by atoms with Crippen molar-refractivity contribution in [2.75, 3.05) is 49.3 Å². The van der Waals surface area contributed by atoms with Crippen molar-refractivity contribution in [3.8, 4) is 17.1 Å². The molecule has 0 saturated carbocycles. The van der Waals surface area contributed by atoms with Crippen LogP contribution in [0, 0.1) is 0 Å². The molecule has 3 aromatic heterocycles. The lowest BCUT2D eigenvalue weighted by molar-refractivity contribution is 0.122. The maximum absolute atomic E-state index is 11.9. The van der Waals surface area contributed by atoms with Crippen LogP contribution in [0.15, 0.2) is 41.9 Å². The van der Waals surface area contributed by atoms with Crippen molar-refractivity contribution in [1.29, 1.82) is 0 Å². The van der Waals surface area contributed by atoms with Gasteiger partial charge in [0.05, 0.1) is 42.5 Å². The fourth-order valence-electron chi connectivity index (χ4n) is 4.04. The number of anilines is 2. The first-order chi connectivity index (χ1) is 17.3. The minimum absolute atomic E-state index is 0.175. The molecule has 188 valence electrons. The summed E-state index contributed by atoms with van der Waals surface area (Å²) >= 11 is 7.98. The first-order valence-electron chi connectivity index (χ1n) is 11.2. The Morgan fingerprint density at radius 2 is 1.97 bits per heavy atom. The molecule has 0 aliphatic carbocycles. The number of thiophene rings is 1. The molecule has 9 nitrogen and oxygen atoms in total. The molecule has 0 bridgehead atoms. The van der Waals surface area contributed by atoms with Crippen molar-refractivity contribution < 1.29 is 17.9 Å². The van der Waals surface area contributed by atoms with Crippen LogP contribution in [0.4, 0.5) is 11.6 Å². The molecule has 0 amide bonds. The third-order valence-electron chi connectivity index (χ3n) is 5.72. The molecule has 4 heterocycles. The molecule has 5 rings (SSSR count). The Morgan fingerprint density at radius 3 is 2.69 bits per heavy atom. The summed E-state index contributed by atoms with van der Waals surface area (Å²) in [5.41, 5.74) is 4.44. The average molecular weight is 546 g/mol. The molecule has 0 unspecified atom stereocenters. The second-order valence-corrected chi connectivity index (χ2v) is 11.4. The fraction of sp³-hybridized carbons (Fsp3) is 0.292. The van der Waals surface area contributed by atoms with Crippen LogP contribution < -0.4 is 14.4 Å². The van der Waals surface area contributed by atoms with E-state index in [1.54, 1.807) is 12.3 Å². The Labute approximate surface area is 218 Å². The monoisotopic (exact) mass is 545 g/mol. The summed E-state index contributed by atoms with van der Waals surface area (Å²) in [6.45, 7) is 2.55. The van der Waals surface area contributed by atoms with E-state index in [0.29, 0.717) is 55.0 Å². The zero-order valence-electron chi connectivity index (χ0n) is 19.7. The van der Waals surface area contributed by atoms with Crippen LogP contribution in [-0.2, 0) is 21.2 Å². The molecule has 0 radical (unpaired) electrons. The Morgan fingerprint density at radius 1 is 1.19 bits per heavy atom. The van der Waals surface area contributed by atoms with Crippen molar-refractivity contribution in [2.45, 2.75) is 6.42 Å². The molecule has 1 aliphatic rings. The van der Waals surface area contributed by atoms with Gasteiger partial charge in [-0.05, 0) is 28.6 Å². The molecular formula is C24H24ClN5O4S2. The number of methoxy groups -OCH3 is 1. The van der Waals surface area contributed by atoms with Crippen molar-refractivity contribution >= 4 is 54.8 Å². The van der Waals surface area contributed by atoms with Crippen molar-refractivity contribution in [1.82, 2.24) is 15.0 Å². The van der Waals surface area contributed by atoms with E-state index >= 15 is 0 Å². The highest BCUT2D eigenvalue weighted by atomic mass is 35.5. The summed E-state index contributed by atoms with van der Waals surface area (Å²) in [7, 11) is -2.11. The van der Waals surface area contributed by atoms with Gasteiger partial charge in [-0.1, -0.05) is 29.8 Å². The number of ether oxygens (including phenoxy) is 2. The highest BCUT2D eigenvalue weighted by molar-refractivity contribution is 7.92. The third-order valence-corrected chi connectivity index (χ3v) is 7.71. The molecule has 12 heteroatoms. The molecule has 1 fully saturated rings. The van der Waals surface area contributed by atoms with Gasteiger partial charge in [0.1, 0.15) is 5.69 Å². The Hall–Kier alpha value is -2.99. The number of halogens is 1. The summed E-state index contributed by atoms with van der Waals surface area (Å²) in [4.78, 5) is 16.3. The first kappa shape index (κ1) is 24.7. The van der Waals surface area contributed by atoms with Crippen LogP contribution >= 0.6 is 22.9 Å². The molecule has 1 aromatic carbocycles. The van der Waals surface area contributed by atoms with E-state index in [2.05, 4.69) is 20.0 Å². The maximum Gasteiger partial charge on any atom is 0.238 e. The number of hydrogen-bond acceptors (Lipinski definition) is 9. The number of aromatic nitrogens is 3. The number of rotatable bonds is 7. The van der Waals surface area contributed by atoms with Gasteiger partial charge in [0.25, 0.3) is 0 Å². The van der Waals surface area contributed by atoms with Crippen LogP contribution in [-0.4, -0.2) is 63.0 Å². The van der Waals surface area contributed by atoms with Crippen LogP contribution in [0.25, 0.3) is 21.5 Å². The van der Waals surface area contributed by atoms with Gasteiger partial charge in [-0.15, -0.1) is 11.3 Å². The summed E-state index contributed by atoms with van der Waals surface area (Å²) < 4.78 is 38.0. The van der Waals surface area contributed by atoms with E-state index < -0.39 is 10.0 Å². The highest BCUT2D eigenvalue weighted by Crippen LogP contribution is 2.38. The lowest BCUT2D eigenvalue weighted by Gasteiger charge is -2.27. The van der Waals surface area contributed by atoms with Gasteiger partial charge in [-0.3, -0.25) is 4.72 Å². The summed E-state index contributed by atoms with van der Waals surface area (Å²) in [5, 5.41) is 2.78. The lowest BCUT2D eigenvalue weighted by Crippen LogP contribution is -2.37. The van der Waals surface area contributed by atoms with E-state index in [1.807, 2.05) is 24.3 Å². The van der Waals surface area contributed by atoms with Crippen LogP contribution in [0.3, 0.4) is 0 Å². The quantitative estimate of drug-likeness (QED) is 0.368. The van der Waals surface area contributed by atoms with E-state index in [9.17, 15) is 8.42 Å². The van der Waals surface area contributed by atoms with E-state index in [-0.39, 0.29) is 11.6 Å². The van der Waals surface area contributed by atoms with Crippen LogP contribution in [0.5, 0.6) is 5.88 Å². The van der Waals surface area contributed by atoms with E-state index in [1.165, 1.54) is 18.4 Å². The number of hydrogen-bond donors (Lipinski definition) is 1. The van der Waals surface area contributed by atoms with Gasteiger partial charge in [-0.25, -0.2) is 23.4 Å². The second kappa shape index (κ2) is 10.2. The lowest BCUT2D eigenvalue weighted by atomic mass is 10.1. The summed E-state index contributed by atoms with van der Waals surface area (Å²) in [5.74, 6) is 0.765. The van der Waals surface area contributed by atoms with Crippen LogP contribution in [0.2, 0.25) is 5.02 Å². The van der Waals surface area contributed by atoms with Gasteiger partial charge in [0, 0.05) is 36.3 Å². The molecule has 4 aromatic rings. The maximum atomic E-state index is 11.9. The predicted octanol–water partition coefficient (Wildman–Crippen LogP) is 4.21. The first-order valence-corrected chi connectivity index (χ1v) is 14.3. The Bertz CT molecular complexity index is 1520. The number of pyridine rings is 1. The number of sulfonamides is 1. The van der Waals surface area contributed by atoms with E-state index in [4.69, 9.17) is 31.0 Å². The van der Waals surface area contributed by atoms with E-state index in [0.717, 1.165) is 27.6 Å². The minimum atomic E-state index is -3.55. The number of benzene rings is 1. The van der Waals surface area contributed by atoms with Gasteiger partial charge in [0.2, 0.25) is 21.9 Å². The van der Waals surface area contributed by atoms with Crippen LogP contribution in [0.1, 0.15) is 11.1 Å². The Balaban J connectivity index is 1.67. The zero-order chi connectivity index (χ0) is 25.3. The molecule has 1 aliphatic heterocycles. The third kappa shape index (κ3) is 5.24. The molecule has 36 heavy (non-hydrogen) atoms. The number of nitrogens with one attached hydrogen (secondary N) is 1. The largest absolute Gasteiger partial charge is 0.480 e. The number of nitrogens with zero attached hydrogens (tertiary/aromatic N) is 4. The molecule has 0 spiro atoms. The van der Waals surface area contributed by atoms with Gasteiger partial charge in [-0.2, -0.15) is 0 Å². The second-order valence-electron chi connectivity index (χ2n) is 8.33. The molecule has 1 N–H and O–H groups in total. The minimum Gasteiger partial charge on any atom is -0.480 e. The van der Waals surface area contributed by atoms with Gasteiger partial charge >= 0.3 is 0 Å². The zero-order valence-corrected chi connectivity index (χ0v) is 22.1. The van der Waals surface area contributed by atoms with Crippen molar-refractivity contribution in [3.05, 3.63) is 58.1 Å². The standard InChI is InChI=1S/C24H24ClN5O4S2/c1-33-23-19(29-36(2,31)32)12-16(13-26-23)20-22-21(28-24(27-20)30-7-9-34-10-8-30)17(14-35-22)11-15-5-3-4-6-18(15)25/h3-6,12-14,29H,7-11H2,1-2H3. The topological polar surface area (TPSA) is 107 Å². The summed E-state index contributed by atoms with van der Waals surface area (Å²) in [6, 6.07) is 9.45. The SMILES string of the molecule is COc1ncc(-c2nc(N3CCOCC3)nc3c(Cc4ccccc4Cl)csc23)cc1NS(C)(=O)=O. The molecule has 1 saturated heterocycles. The predicted molar refractivity (Wildman–Crippen MR) is 143 cm³/mol. The highest BCUT2D eigenvalue weighted by Gasteiger charge is 2.22. The normalized spacial score (nSPS) is 14.2. The van der Waals surface area contributed by atoms with Crippen molar-refractivity contribution in [2.24, 2.45) is 0 Å².